The molecule has 0 aliphatic rings. The van der Waals surface area contributed by atoms with Crippen molar-refractivity contribution in [2.24, 2.45) is 0 Å². The summed E-state index contributed by atoms with van der Waals surface area (Å²) < 4.78 is 0. The van der Waals surface area contributed by atoms with E-state index in [1.165, 1.54) is 121 Å². The molecule has 0 radical (unpaired) electrons. The van der Waals surface area contributed by atoms with Gasteiger partial charge >= 0.3 is 92.2 Å². The first-order chi connectivity index (χ1) is 10.4. The minimum absolute atomic E-state index is 1.29. The Morgan fingerprint density at radius 2 is 0.619 bits per heavy atom. The van der Waals surface area contributed by atoms with Gasteiger partial charge in [0.1, 0.15) is 0 Å². The van der Waals surface area contributed by atoms with Gasteiger partial charge in [-0.15, -0.1) is 0 Å². The topological polar surface area (TPSA) is 0 Å². The molecule has 0 fully saturated rings. The van der Waals surface area contributed by atoms with Crippen LogP contribution in [-0.4, -0.2) is 16.3 Å². The van der Waals surface area contributed by atoms with Gasteiger partial charge < -0.3 is 0 Å². The Hall–Kier alpha value is 0.532. The summed E-state index contributed by atoms with van der Waals surface area (Å²) in [7, 11) is 0. The summed E-state index contributed by atoms with van der Waals surface area (Å²) >= 11 is 2.83. The van der Waals surface area contributed by atoms with Crippen molar-refractivity contribution in [1.82, 2.24) is 0 Å². The van der Waals surface area contributed by atoms with E-state index >= 15 is 0 Å². The summed E-state index contributed by atoms with van der Waals surface area (Å²) in [5, 5.41) is 1.29. The summed E-state index contributed by atoms with van der Waals surface area (Å²) in [5.74, 6) is 0. The van der Waals surface area contributed by atoms with Crippen molar-refractivity contribution >= 4 is 16.3 Å². The molecule has 0 saturated carbocycles. The molecule has 0 N–H and O–H groups in total. The second kappa shape index (κ2) is 20.5. The van der Waals surface area contributed by atoms with E-state index in [0.717, 1.165) is 0 Å². The van der Waals surface area contributed by atoms with E-state index in [-0.39, 0.29) is 0 Å². The van der Waals surface area contributed by atoms with Crippen molar-refractivity contribution in [2.45, 2.75) is 128 Å². The summed E-state index contributed by atoms with van der Waals surface area (Å²) in [6.07, 6.45) is 26.4. The van der Waals surface area contributed by atoms with Crippen LogP contribution < -0.4 is 0 Å². The van der Waals surface area contributed by atoms with E-state index < -0.39 is 0 Å². The fourth-order valence-electron chi connectivity index (χ4n) is 3.05. The van der Waals surface area contributed by atoms with E-state index in [0.29, 0.717) is 0 Å². The Labute approximate surface area is 144 Å². The molecule has 1 heteroatoms. The van der Waals surface area contributed by atoms with E-state index in [9.17, 15) is 0 Å². The van der Waals surface area contributed by atoms with Crippen LogP contribution in [0.5, 0.6) is 0 Å². The standard InChI is InChI=1S/C20H41.Al/c1-3-5-7-9-11-13-15-17-19-20-18-16-14-12-10-8-6-4-2;/h1,3-20H2,2H3;/q;+2. The van der Waals surface area contributed by atoms with Crippen molar-refractivity contribution in [3.8, 4) is 0 Å². The van der Waals surface area contributed by atoms with Crippen molar-refractivity contribution in [3.63, 3.8) is 0 Å². The molecule has 0 atom stereocenters. The zero-order valence-electron chi connectivity index (χ0n) is 15.0. The predicted molar refractivity (Wildman–Crippen MR) is 99.3 cm³/mol. The first-order valence-corrected chi connectivity index (χ1v) is 10.9. The fraction of sp³-hybridized carbons (Fsp3) is 1.00. The summed E-state index contributed by atoms with van der Waals surface area (Å²) in [6, 6.07) is 0. The van der Waals surface area contributed by atoms with E-state index in [1.807, 2.05) is 0 Å². The average Bonchev–Trinajstić information content (AvgIpc) is 2.50. The van der Waals surface area contributed by atoms with Gasteiger partial charge in [0.25, 0.3) is 0 Å². The molecule has 0 heterocycles. The number of unbranched alkanes of at least 4 members (excludes halogenated alkanes) is 17. The van der Waals surface area contributed by atoms with Crippen LogP contribution in [0.4, 0.5) is 0 Å². The van der Waals surface area contributed by atoms with Crippen molar-refractivity contribution in [2.75, 3.05) is 0 Å². The van der Waals surface area contributed by atoms with Crippen molar-refractivity contribution in [1.29, 1.82) is 0 Å². The minimum atomic E-state index is 1.29. The van der Waals surface area contributed by atoms with Crippen LogP contribution in [-0.2, 0) is 0 Å². The van der Waals surface area contributed by atoms with E-state index in [1.54, 1.807) is 0 Å². The molecule has 21 heavy (non-hydrogen) atoms. The molecular formula is C20H41Al+2. The quantitative estimate of drug-likeness (QED) is 0.180. The molecule has 0 spiro atoms. The fourth-order valence-corrected chi connectivity index (χ4v) is 3.33. The summed E-state index contributed by atoms with van der Waals surface area (Å²) in [5.41, 5.74) is 0. The Bertz CT molecular complexity index is 149. The molecule has 0 unspecified atom stereocenters. The Morgan fingerprint density at radius 3 is 0.857 bits per heavy atom. The zero-order chi connectivity index (χ0) is 15.4. The molecule has 0 aromatic carbocycles. The normalized spacial score (nSPS) is 11.2. The molecule has 0 aromatic heterocycles. The van der Waals surface area contributed by atoms with Gasteiger partial charge in [0.15, 0.2) is 0 Å². The second-order valence-corrected chi connectivity index (χ2v) is 7.38. The molecular weight excluding hydrogens is 267 g/mol. The first-order valence-electron chi connectivity index (χ1n) is 10.1. The predicted octanol–water partition coefficient (Wildman–Crippen LogP) is 7.61. The van der Waals surface area contributed by atoms with Gasteiger partial charge in [-0.3, -0.25) is 0 Å². The van der Waals surface area contributed by atoms with Gasteiger partial charge in [-0.2, -0.15) is 0 Å². The maximum atomic E-state index is 2.83. The van der Waals surface area contributed by atoms with Crippen molar-refractivity contribution < 1.29 is 0 Å². The van der Waals surface area contributed by atoms with Crippen LogP contribution in [0.3, 0.4) is 0 Å². The zero-order valence-corrected chi connectivity index (χ0v) is 16.2. The molecule has 0 aliphatic carbocycles. The summed E-state index contributed by atoms with van der Waals surface area (Å²) in [4.78, 5) is 0. The average molecular weight is 309 g/mol. The Kier molecular flexibility index (Phi) is 21.1. The van der Waals surface area contributed by atoms with Gasteiger partial charge in [0, 0.05) is 0 Å². The maximum absolute atomic E-state index is 2.83. The molecule has 0 aliphatic heterocycles. The molecule has 0 nitrogen and oxygen atoms in total. The molecule has 0 bridgehead atoms. The second-order valence-electron chi connectivity index (χ2n) is 6.80. The van der Waals surface area contributed by atoms with Gasteiger partial charge in [-0.25, -0.2) is 0 Å². The number of hydrogen-bond acceptors (Lipinski definition) is 0. The van der Waals surface area contributed by atoms with Crippen LogP contribution in [0.2, 0.25) is 5.28 Å². The van der Waals surface area contributed by atoms with Gasteiger partial charge in [-0.05, 0) is 0 Å². The SMILES string of the molecule is CCCCCCCCCCCCCCCCCCC[CH2][Al+2]. The Morgan fingerprint density at radius 1 is 0.381 bits per heavy atom. The van der Waals surface area contributed by atoms with Gasteiger partial charge in [0.05, 0.1) is 0 Å². The monoisotopic (exact) mass is 308 g/mol. The van der Waals surface area contributed by atoms with Crippen molar-refractivity contribution in [3.05, 3.63) is 0 Å². The molecule has 122 valence electrons. The number of hydrogen-bond donors (Lipinski definition) is 0. The first kappa shape index (κ1) is 21.5. The third-order valence-corrected chi connectivity index (χ3v) is 4.97. The third-order valence-electron chi connectivity index (χ3n) is 4.56. The summed E-state index contributed by atoms with van der Waals surface area (Å²) in [6.45, 7) is 2.30. The van der Waals surface area contributed by atoms with E-state index in [4.69, 9.17) is 0 Å². The van der Waals surface area contributed by atoms with Crippen LogP contribution in [0.1, 0.15) is 122 Å². The van der Waals surface area contributed by atoms with Crippen LogP contribution >= 0.6 is 0 Å². The third kappa shape index (κ3) is 20.5. The number of rotatable bonds is 18. The van der Waals surface area contributed by atoms with E-state index in [2.05, 4.69) is 23.2 Å². The van der Waals surface area contributed by atoms with Gasteiger partial charge in [-0.1, -0.05) is 51.9 Å². The van der Waals surface area contributed by atoms with Crippen LogP contribution in [0.15, 0.2) is 0 Å². The Balaban J connectivity index is 2.90. The molecule has 0 rings (SSSR count). The van der Waals surface area contributed by atoms with Crippen LogP contribution in [0, 0.1) is 0 Å². The molecule has 0 saturated heterocycles. The molecule has 0 aromatic rings. The van der Waals surface area contributed by atoms with Gasteiger partial charge in [0.2, 0.25) is 0 Å². The molecule has 0 amide bonds. The van der Waals surface area contributed by atoms with Crippen LogP contribution in [0.25, 0.3) is 0 Å².